The van der Waals surface area contributed by atoms with Crippen molar-refractivity contribution >= 4 is 105 Å². The van der Waals surface area contributed by atoms with Crippen LogP contribution in [-0.2, 0) is 16.2 Å². The fourth-order valence-corrected chi connectivity index (χ4v) is 10.7. The van der Waals surface area contributed by atoms with Crippen molar-refractivity contribution in [3.63, 3.8) is 0 Å². The van der Waals surface area contributed by atoms with Gasteiger partial charge in [-0.1, -0.05) is 129 Å². The highest BCUT2D eigenvalue weighted by atomic mass is 32.1. The lowest BCUT2D eigenvalue weighted by atomic mass is 9.33. The van der Waals surface area contributed by atoms with Gasteiger partial charge in [-0.05, 0) is 91.8 Å². The molecule has 0 bridgehead atoms. The summed E-state index contributed by atoms with van der Waals surface area (Å²) in [6.45, 7) is 21.2. The molecule has 0 fully saturated rings. The topological polar surface area (TPSA) is 21.3 Å². The van der Waals surface area contributed by atoms with Crippen LogP contribution in [0.15, 0.2) is 114 Å². The van der Waals surface area contributed by atoms with Crippen molar-refractivity contribution in [1.29, 1.82) is 0 Å². The number of rotatable bonds is 1. The fraction of sp³-hybridized carbons (Fsp3) is 0.240. The van der Waals surface area contributed by atoms with Gasteiger partial charge in [-0.15, -0.1) is 11.3 Å². The molecule has 55 heavy (non-hydrogen) atoms. The molecule has 0 amide bonds. The van der Waals surface area contributed by atoms with Crippen LogP contribution in [0, 0.1) is 0 Å². The van der Waals surface area contributed by atoms with Gasteiger partial charge >= 0.3 is 0 Å². The summed E-state index contributed by atoms with van der Waals surface area (Å²) in [4.78, 5) is 2.56. The number of hydrogen-bond donors (Lipinski definition) is 0. The van der Waals surface area contributed by atoms with E-state index >= 15 is 0 Å². The van der Waals surface area contributed by atoms with Crippen LogP contribution in [0.2, 0.25) is 0 Å². The molecule has 0 aliphatic carbocycles. The van der Waals surface area contributed by atoms with Crippen LogP contribution in [0.1, 0.15) is 79.0 Å². The van der Waals surface area contributed by atoms with Gasteiger partial charge in [0.2, 0.25) is 0 Å². The van der Waals surface area contributed by atoms with Crippen molar-refractivity contribution in [2.75, 3.05) is 4.90 Å². The molecular weight excluding hydrogens is 687 g/mol. The van der Waals surface area contributed by atoms with E-state index in [9.17, 15) is 0 Å². The average molecular weight is 733 g/mol. The van der Waals surface area contributed by atoms with E-state index in [0.717, 1.165) is 27.6 Å². The molecule has 0 saturated heterocycles. The fourth-order valence-electron chi connectivity index (χ4n) is 9.47. The van der Waals surface area contributed by atoms with Crippen LogP contribution in [0.4, 0.5) is 17.1 Å². The molecule has 6 aromatic carbocycles. The van der Waals surface area contributed by atoms with Crippen LogP contribution in [0.5, 0.6) is 0 Å². The zero-order valence-corrected chi connectivity index (χ0v) is 34.0. The van der Waals surface area contributed by atoms with Crippen LogP contribution < -0.4 is 21.3 Å². The van der Waals surface area contributed by atoms with Crippen molar-refractivity contribution in [3.05, 3.63) is 126 Å². The third kappa shape index (κ3) is 4.51. The van der Waals surface area contributed by atoms with Gasteiger partial charge in [0.1, 0.15) is 5.58 Å². The van der Waals surface area contributed by atoms with Crippen molar-refractivity contribution in [1.82, 2.24) is 4.57 Å². The number of nitrogens with zero attached hydrogens (tertiary/aromatic N) is 2. The third-order valence-electron chi connectivity index (χ3n) is 12.4. The van der Waals surface area contributed by atoms with Gasteiger partial charge in [-0.25, -0.2) is 0 Å². The number of hydrogen-bond acceptors (Lipinski definition) is 3. The summed E-state index contributed by atoms with van der Waals surface area (Å²) >= 11 is 1.94. The summed E-state index contributed by atoms with van der Waals surface area (Å²) in [7, 11) is 0. The lowest BCUT2D eigenvalue weighted by Gasteiger charge is -2.42. The second kappa shape index (κ2) is 10.7. The molecule has 5 heteroatoms. The molecule has 0 saturated carbocycles. The van der Waals surface area contributed by atoms with Gasteiger partial charge in [-0.2, -0.15) is 0 Å². The maximum Gasteiger partial charge on any atom is 0.252 e. The number of thiophene rings is 1. The molecule has 11 rings (SSSR count). The SMILES string of the molecule is CC(C)(C)c1ccc2c(c1)N(c1cccc3c1oc1ccccc13)c1cc(C(C)(C)C)cc3c1B2c1cc(C(C)(C)C)cc2c4sc5ccccc5c4n-3c12. The lowest BCUT2D eigenvalue weighted by Crippen LogP contribution is -2.60. The highest BCUT2D eigenvalue weighted by molar-refractivity contribution is 7.26. The molecular formula is C50H45BN2OS. The highest BCUT2D eigenvalue weighted by Crippen LogP contribution is 2.49. The molecule has 9 aromatic rings. The molecule has 0 spiro atoms. The highest BCUT2D eigenvalue weighted by Gasteiger charge is 2.44. The van der Waals surface area contributed by atoms with Gasteiger partial charge in [0.15, 0.2) is 5.58 Å². The minimum atomic E-state index is -0.0932. The van der Waals surface area contributed by atoms with Gasteiger partial charge in [-0.3, -0.25) is 0 Å². The lowest BCUT2D eigenvalue weighted by molar-refractivity contribution is 0.589. The second-order valence-electron chi connectivity index (χ2n) is 19.0. The van der Waals surface area contributed by atoms with E-state index in [1.807, 2.05) is 11.3 Å². The summed E-state index contributed by atoms with van der Waals surface area (Å²) in [5.74, 6) is 0. The number of fused-ring (bicyclic) bond motifs is 12. The van der Waals surface area contributed by atoms with Crippen molar-refractivity contribution in [3.8, 4) is 5.69 Å². The van der Waals surface area contributed by atoms with Crippen LogP contribution in [-0.4, -0.2) is 11.3 Å². The van der Waals surface area contributed by atoms with Gasteiger partial charge in [0, 0.05) is 43.3 Å². The minimum absolute atomic E-state index is 0.0223. The van der Waals surface area contributed by atoms with E-state index in [-0.39, 0.29) is 23.0 Å². The largest absolute Gasteiger partial charge is 0.454 e. The quantitative estimate of drug-likeness (QED) is 0.157. The number of para-hydroxylation sites is 2. The predicted octanol–water partition coefficient (Wildman–Crippen LogP) is 12.4. The minimum Gasteiger partial charge on any atom is -0.454 e. The Bertz CT molecular complexity index is 3120. The standard InChI is InChI=1S/C50H45BN2OS/c1-48(2,3)28-21-22-35-38(25-28)52(37-18-14-17-32-31-15-10-12-19-41(31)54-46(32)37)39-26-30(50(7,8)9)27-40-43(39)51(35)36-24-29(49(4,5)6)23-34-44(36)53(40)45-33-16-11-13-20-42(33)55-47(34)45/h10-27H,1-9H3. The first-order valence-corrected chi connectivity index (χ1v) is 20.5. The van der Waals surface area contributed by atoms with Gasteiger partial charge < -0.3 is 13.9 Å². The van der Waals surface area contributed by atoms with Crippen LogP contribution in [0.3, 0.4) is 0 Å². The molecule has 270 valence electrons. The van der Waals surface area contributed by atoms with E-state index in [2.05, 4.69) is 181 Å². The van der Waals surface area contributed by atoms with E-state index in [0.29, 0.717) is 0 Å². The molecule has 0 radical (unpaired) electrons. The monoisotopic (exact) mass is 732 g/mol. The van der Waals surface area contributed by atoms with Crippen molar-refractivity contribution in [2.45, 2.75) is 78.6 Å². The van der Waals surface area contributed by atoms with E-state index in [4.69, 9.17) is 4.42 Å². The summed E-state index contributed by atoms with van der Waals surface area (Å²) in [6, 6.07) is 41.5. The Morgan fingerprint density at radius 1 is 0.509 bits per heavy atom. The Labute approximate surface area is 327 Å². The molecule has 0 unspecified atom stereocenters. The van der Waals surface area contributed by atoms with Crippen molar-refractivity contribution in [2.24, 2.45) is 0 Å². The number of anilines is 3. The maximum atomic E-state index is 6.85. The number of furan rings is 1. The Morgan fingerprint density at radius 3 is 1.93 bits per heavy atom. The van der Waals surface area contributed by atoms with E-state index in [1.165, 1.54) is 81.3 Å². The first kappa shape index (κ1) is 33.1. The second-order valence-corrected chi connectivity index (χ2v) is 20.1. The summed E-state index contributed by atoms with van der Waals surface area (Å²) < 4.78 is 12.2. The van der Waals surface area contributed by atoms with Crippen LogP contribution in [0.25, 0.3) is 58.8 Å². The predicted molar refractivity (Wildman–Crippen MR) is 239 cm³/mol. The zero-order chi connectivity index (χ0) is 37.9. The number of aromatic nitrogens is 1. The summed E-state index contributed by atoms with van der Waals surface area (Å²) in [5, 5.41) is 4.98. The first-order valence-electron chi connectivity index (χ1n) is 19.7. The average Bonchev–Trinajstić information content (AvgIpc) is 3.81. The molecule has 3 nitrogen and oxygen atoms in total. The maximum absolute atomic E-state index is 6.85. The normalized spacial score (nSPS) is 14.2. The van der Waals surface area contributed by atoms with Crippen LogP contribution >= 0.6 is 11.3 Å². The molecule has 0 N–H and O–H groups in total. The first-order chi connectivity index (χ1) is 26.2. The molecule has 3 aromatic heterocycles. The number of benzene rings is 6. The zero-order valence-electron chi connectivity index (χ0n) is 33.2. The van der Waals surface area contributed by atoms with Crippen molar-refractivity contribution < 1.29 is 4.42 Å². The smallest absolute Gasteiger partial charge is 0.252 e. The molecule has 2 aliphatic heterocycles. The summed E-state index contributed by atoms with van der Waals surface area (Å²) in [5.41, 5.74) is 17.3. The molecule has 0 atom stereocenters. The summed E-state index contributed by atoms with van der Waals surface area (Å²) in [6.07, 6.45) is 0. The third-order valence-corrected chi connectivity index (χ3v) is 13.6. The Balaban J connectivity index is 1.36. The molecule has 2 aliphatic rings. The van der Waals surface area contributed by atoms with E-state index in [1.54, 1.807) is 0 Å². The van der Waals surface area contributed by atoms with Gasteiger partial charge in [0.05, 0.1) is 21.4 Å². The van der Waals surface area contributed by atoms with E-state index < -0.39 is 0 Å². The Morgan fingerprint density at radius 2 is 1.16 bits per heavy atom. The van der Waals surface area contributed by atoms with Gasteiger partial charge in [0.25, 0.3) is 6.71 Å². The Kier molecular flexibility index (Phi) is 6.46. The molecule has 5 heterocycles. The Hall–Kier alpha value is -5.26.